The normalized spacial score (nSPS) is 11.1. The second-order valence-electron chi connectivity index (χ2n) is 3.70. The molecule has 0 aliphatic carbocycles. The van der Waals surface area contributed by atoms with Crippen LogP contribution in [0.25, 0.3) is 0 Å². The first-order chi connectivity index (χ1) is 8.90. The van der Waals surface area contributed by atoms with Gasteiger partial charge in [0.05, 0.1) is 5.56 Å². The molecule has 1 N–H and O–H groups in total. The summed E-state index contributed by atoms with van der Waals surface area (Å²) in [6, 6.07) is 5.17. The summed E-state index contributed by atoms with van der Waals surface area (Å²) in [5, 5.41) is 15.4. The molecule has 0 bridgehead atoms. The number of pyridine rings is 1. The first kappa shape index (κ1) is 12.9. The van der Waals surface area contributed by atoms with Gasteiger partial charge in [-0.2, -0.15) is 23.5 Å². The Labute approximate surface area is 106 Å². The lowest BCUT2D eigenvalue weighted by molar-refractivity contribution is -0.141. The molecule has 5 nitrogen and oxygen atoms in total. The second kappa shape index (κ2) is 4.61. The fourth-order valence-corrected chi connectivity index (χ4v) is 1.41. The van der Waals surface area contributed by atoms with E-state index >= 15 is 0 Å². The van der Waals surface area contributed by atoms with Crippen LogP contribution in [0.2, 0.25) is 0 Å². The number of rotatable bonds is 2. The Hall–Kier alpha value is -2.56. The maximum atomic E-state index is 12.6. The number of nitrogens with zero attached hydrogens (tertiary/aromatic N) is 4. The predicted molar refractivity (Wildman–Crippen MR) is 60.4 cm³/mol. The highest BCUT2D eigenvalue weighted by atomic mass is 19.4. The van der Waals surface area contributed by atoms with Gasteiger partial charge >= 0.3 is 6.18 Å². The van der Waals surface area contributed by atoms with E-state index in [1.54, 1.807) is 25.4 Å². The van der Waals surface area contributed by atoms with Crippen LogP contribution < -0.4 is 5.32 Å². The van der Waals surface area contributed by atoms with Crippen molar-refractivity contribution < 1.29 is 13.2 Å². The van der Waals surface area contributed by atoms with Gasteiger partial charge in [0.2, 0.25) is 0 Å². The zero-order valence-electron chi connectivity index (χ0n) is 9.73. The molecule has 0 unspecified atom stereocenters. The zero-order valence-corrected chi connectivity index (χ0v) is 9.73. The van der Waals surface area contributed by atoms with Crippen LogP contribution in [0.1, 0.15) is 11.3 Å². The quantitative estimate of drug-likeness (QED) is 0.907. The van der Waals surface area contributed by atoms with E-state index in [9.17, 15) is 13.2 Å². The van der Waals surface area contributed by atoms with E-state index in [4.69, 9.17) is 5.26 Å². The molecule has 8 heteroatoms. The summed E-state index contributed by atoms with van der Waals surface area (Å²) >= 11 is 0. The molecule has 2 rings (SSSR count). The summed E-state index contributed by atoms with van der Waals surface area (Å²) in [6.45, 7) is 0. The second-order valence-corrected chi connectivity index (χ2v) is 3.70. The summed E-state index contributed by atoms with van der Waals surface area (Å²) in [7, 11) is 1.66. The summed E-state index contributed by atoms with van der Waals surface area (Å²) in [4.78, 5) is 3.41. The lowest BCUT2D eigenvalue weighted by Crippen LogP contribution is -2.10. The molecule has 2 aromatic rings. The van der Waals surface area contributed by atoms with Crippen LogP contribution >= 0.6 is 0 Å². The summed E-state index contributed by atoms with van der Waals surface area (Å²) in [6.07, 6.45) is -2.95. The van der Waals surface area contributed by atoms with Gasteiger partial charge in [-0.15, -0.1) is 0 Å². The molecule has 0 fully saturated rings. The Kier molecular flexibility index (Phi) is 3.12. The molecule has 0 saturated heterocycles. The van der Waals surface area contributed by atoms with E-state index in [2.05, 4.69) is 15.4 Å². The van der Waals surface area contributed by atoms with Gasteiger partial charge in [0.1, 0.15) is 17.6 Å². The molecule has 0 aromatic carbocycles. The van der Waals surface area contributed by atoms with Gasteiger partial charge in [-0.1, -0.05) is 0 Å². The van der Waals surface area contributed by atoms with Crippen molar-refractivity contribution in [2.75, 3.05) is 5.32 Å². The number of anilines is 2. The van der Waals surface area contributed by atoms with Crippen LogP contribution in [-0.4, -0.2) is 14.8 Å². The van der Waals surface area contributed by atoms with Gasteiger partial charge in [-0.25, -0.2) is 4.98 Å². The minimum absolute atomic E-state index is 0.0126. The van der Waals surface area contributed by atoms with Crippen molar-refractivity contribution in [3.05, 3.63) is 35.7 Å². The minimum atomic E-state index is -4.56. The summed E-state index contributed by atoms with van der Waals surface area (Å²) < 4.78 is 39.1. The highest BCUT2D eigenvalue weighted by Gasteiger charge is 2.33. The first-order valence-corrected chi connectivity index (χ1v) is 5.15. The van der Waals surface area contributed by atoms with Crippen molar-refractivity contribution >= 4 is 11.6 Å². The van der Waals surface area contributed by atoms with Gasteiger partial charge < -0.3 is 5.32 Å². The number of nitrogens with one attached hydrogen (secondary N) is 1. The highest BCUT2D eigenvalue weighted by Crippen LogP contribution is 2.29. The third-order valence-corrected chi connectivity index (χ3v) is 2.27. The van der Waals surface area contributed by atoms with Crippen molar-refractivity contribution in [2.24, 2.45) is 7.05 Å². The molecule has 0 saturated carbocycles. The van der Waals surface area contributed by atoms with E-state index in [1.165, 1.54) is 4.68 Å². The van der Waals surface area contributed by atoms with Gasteiger partial charge in [-0.05, 0) is 12.1 Å². The zero-order chi connectivity index (χ0) is 14.0. The maximum absolute atomic E-state index is 12.6. The number of alkyl halides is 3. The molecule has 98 valence electrons. The average Bonchev–Trinajstić information content (AvgIpc) is 2.73. The first-order valence-electron chi connectivity index (χ1n) is 5.15. The molecule has 0 aliphatic rings. The number of hydrogen-bond donors (Lipinski definition) is 1. The third kappa shape index (κ3) is 2.82. The van der Waals surface area contributed by atoms with Crippen LogP contribution in [0.15, 0.2) is 24.4 Å². The molecule has 0 radical (unpaired) electrons. The van der Waals surface area contributed by atoms with Gasteiger partial charge in [0.25, 0.3) is 0 Å². The van der Waals surface area contributed by atoms with E-state index < -0.39 is 11.9 Å². The van der Waals surface area contributed by atoms with Crippen LogP contribution in [0.4, 0.5) is 24.8 Å². The van der Waals surface area contributed by atoms with Crippen LogP contribution in [0, 0.1) is 11.3 Å². The number of aromatic nitrogens is 3. The Morgan fingerprint density at radius 1 is 1.32 bits per heavy atom. The lowest BCUT2D eigenvalue weighted by atomic mass is 10.2. The minimum Gasteiger partial charge on any atom is -0.322 e. The topological polar surface area (TPSA) is 66.5 Å². The Morgan fingerprint density at radius 2 is 2.05 bits per heavy atom. The highest BCUT2D eigenvalue weighted by molar-refractivity contribution is 5.60. The van der Waals surface area contributed by atoms with Gasteiger partial charge in [-0.3, -0.25) is 4.68 Å². The molecule has 0 aliphatic heterocycles. The van der Waals surface area contributed by atoms with E-state index in [1.807, 2.05) is 0 Å². The Balaban J connectivity index is 2.40. The van der Waals surface area contributed by atoms with E-state index in [-0.39, 0.29) is 11.4 Å². The largest absolute Gasteiger partial charge is 0.433 e. The number of aryl methyl sites for hydroxylation is 1. The molecule has 0 amide bonds. The SMILES string of the molecule is Cn1ccc(Nc2nc(C(F)(F)F)ccc2C#N)n1. The summed E-state index contributed by atoms with van der Waals surface area (Å²) in [5.41, 5.74) is -1.05. The van der Waals surface area contributed by atoms with Crippen molar-refractivity contribution in [1.82, 2.24) is 14.8 Å². The standard InChI is InChI=1S/C11H8F3N5/c1-19-5-4-9(18-19)17-10-7(6-15)2-3-8(16-10)11(12,13)14/h2-5H,1H3,(H,16,17,18). The molecule has 0 atom stereocenters. The average molecular weight is 267 g/mol. The number of nitriles is 1. The molecule has 2 heterocycles. The fourth-order valence-electron chi connectivity index (χ4n) is 1.41. The van der Waals surface area contributed by atoms with Gasteiger partial charge in [0.15, 0.2) is 5.82 Å². The Bertz CT molecular complexity index is 639. The van der Waals surface area contributed by atoms with Crippen molar-refractivity contribution in [2.45, 2.75) is 6.18 Å². The van der Waals surface area contributed by atoms with Crippen LogP contribution in [-0.2, 0) is 13.2 Å². The molecular formula is C11H8F3N5. The molecule has 0 spiro atoms. The third-order valence-electron chi connectivity index (χ3n) is 2.27. The van der Waals surface area contributed by atoms with E-state index in [0.29, 0.717) is 5.82 Å². The Morgan fingerprint density at radius 3 is 2.58 bits per heavy atom. The molecule has 2 aromatic heterocycles. The van der Waals surface area contributed by atoms with Crippen molar-refractivity contribution in [3.8, 4) is 6.07 Å². The summed E-state index contributed by atoms with van der Waals surface area (Å²) in [5.74, 6) is 0.141. The van der Waals surface area contributed by atoms with Crippen molar-refractivity contribution in [1.29, 1.82) is 5.26 Å². The number of hydrogen-bond acceptors (Lipinski definition) is 4. The number of halogens is 3. The molecular weight excluding hydrogens is 259 g/mol. The van der Waals surface area contributed by atoms with Gasteiger partial charge in [0, 0.05) is 19.3 Å². The maximum Gasteiger partial charge on any atom is 0.433 e. The smallest absolute Gasteiger partial charge is 0.322 e. The predicted octanol–water partition coefficient (Wildman–Crippen LogP) is 2.45. The van der Waals surface area contributed by atoms with Crippen molar-refractivity contribution in [3.63, 3.8) is 0 Å². The molecule has 19 heavy (non-hydrogen) atoms. The lowest BCUT2D eigenvalue weighted by Gasteiger charge is -2.09. The monoisotopic (exact) mass is 267 g/mol. The fraction of sp³-hybridized carbons (Fsp3) is 0.182. The van der Waals surface area contributed by atoms with E-state index in [0.717, 1.165) is 12.1 Å². The van der Waals surface area contributed by atoms with Crippen LogP contribution in [0.3, 0.4) is 0 Å². The van der Waals surface area contributed by atoms with Crippen LogP contribution in [0.5, 0.6) is 0 Å².